The van der Waals surface area contributed by atoms with Crippen LogP contribution < -0.4 is 0 Å². The van der Waals surface area contributed by atoms with Gasteiger partial charge < -0.3 is 4.90 Å². The van der Waals surface area contributed by atoms with Gasteiger partial charge in [-0.1, -0.05) is 42.8 Å². The molecule has 0 amide bonds. The zero-order valence-electron chi connectivity index (χ0n) is 7.03. The van der Waals surface area contributed by atoms with Crippen LogP contribution in [0.2, 0.25) is 0 Å². The molecule has 59 valence electrons. The fraction of sp³-hybridized carbons (Fsp3) is 0. The zero-order chi connectivity index (χ0) is 8.97. The Kier molecular flexibility index (Phi) is 2.75. The van der Waals surface area contributed by atoms with Crippen LogP contribution in [-0.4, -0.2) is 12.2 Å². The highest BCUT2D eigenvalue weighted by molar-refractivity contribution is 6.56. The third kappa shape index (κ3) is 1.79. The zero-order valence-corrected chi connectivity index (χ0v) is 7.03. The highest BCUT2D eigenvalue weighted by Crippen LogP contribution is 2.12. The summed E-state index contributed by atoms with van der Waals surface area (Å²) in [5, 5.41) is 0. The van der Waals surface area contributed by atoms with Gasteiger partial charge in [-0.3, -0.25) is 0 Å². The fourth-order valence-electron chi connectivity index (χ4n) is 0.977. The van der Waals surface area contributed by atoms with Crippen molar-refractivity contribution in [1.29, 1.82) is 0 Å². The summed E-state index contributed by atoms with van der Waals surface area (Å²) in [6.45, 7) is 11.1. The van der Waals surface area contributed by atoms with Crippen molar-refractivity contribution in [1.82, 2.24) is 4.90 Å². The first kappa shape index (κ1) is 8.66. The van der Waals surface area contributed by atoms with E-state index in [0.29, 0.717) is 0 Å². The molecule has 1 radical (unpaired) electrons. The predicted molar refractivity (Wildman–Crippen MR) is 54.4 cm³/mol. The van der Waals surface area contributed by atoms with E-state index < -0.39 is 0 Å². The molecule has 0 spiro atoms. The Morgan fingerprint density at radius 1 is 1.08 bits per heavy atom. The third-order valence-electron chi connectivity index (χ3n) is 1.61. The molecule has 0 saturated carbocycles. The summed E-state index contributed by atoms with van der Waals surface area (Å²) >= 11 is 0. The molecule has 0 atom stereocenters. The van der Waals surface area contributed by atoms with Gasteiger partial charge in [-0.05, 0) is 0 Å². The SMILES string of the molecule is C=CC1=CN(C=C)C=C(C=C)[B]1. The number of allylic oxidation sites excluding steroid dienone is 4. The molecule has 1 rings (SSSR count). The molecule has 0 saturated heterocycles. The molecule has 0 N–H and O–H groups in total. The van der Waals surface area contributed by atoms with E-state index in [1.165, 1.54) is 0 Å². The van der Waals surface area contributed by atoms with Crippen LogP contribution in [0, 0.1) is 0 Å². The molecule has 0 aromatic heterocycles. The van der Waals surface area contributed by atoms with Crippen molar-refractivity contribution in [3.63, 3.8) is 0 Å². The average Bonchev–Trinajstić information content (AvgIpc) is 2.16. The highest BCUT2D eigenvalue weighted by atomic mass is 15.1. The maximum atomic E-state index is 3.70. The molecular formula is C10H11BN. The highest BCUT2D eigenvalue weighted by Gasteiger charge is 2.06. The Labute approximate surface area is 74.3 Å². The lowest BCUT2D eigenvalue weighted by molar-refractivity contribution is 0.688. The lowest BCUT2D eigenvalue weighted by Gasteiger charge is -2.18. The Balaban J connectivity index is 2.87. The Bertz CT molecular complexity index is 250. The van der Waals surface area contributed by atoms with E-state index in [1.807, 2.05) is 24.6 Å². The molecule has 0 fully saturated rings. The number of rotatable bonds is 3. The van der Waals surface area contributed by atoms with Crippen LogP contribution in [0.1, 0.15) is 0 Å². The van der Waals surface area contributed by atoms with Crippen molar-refractivity contribution in [2.75, 3.05) is 0 Å². The summed E-state index contributed by atoms with van der Waals surface area (Å²) in [5.41, 5.74) is 2.12. The maximum absolute atomic E-state index is 3.70. The quantitative estimate of drug-likeness (QED) is 0.566. The second-order valence-electron chi connectivity index (χ2n) is 2.44. The smallest absolute Gasteiger partial charge is 0.195 e. The molecule has 0 unspecified atom stereocenters. The number of hydrogen-bond donors (Lipinski definition) is 0. The first-order valence-electron chi connectivity index (χ1n) is 3.73. The minimum absolute atomic E-state index is 1.06. The molecule has 0 aromatic carbocycles. The third-order valence-corrected chi connectivity index (χ3v) is 1.61. The summed E-state index contributed by atoms with van der Waals surface area (Å²) in [4.78, 5) is 1.88. The van der Waals surface area contributed by atoms with Crippen LogP contribution in [-0.2, 0) is 0 Å². The molecule has 1 aliphatic heterocycles. The summed E-state index contributed by atoms with van der Waals surface area (Å²) in [6, 6.07) is 0. The van der Waals surface area contributed by atoms with Crippen molar-refractivity contribution >= 4 is 7.28 Å². The van der Waals surface area contributed by atoms with E-state index in [9.17, 15) is 0 Å². The predicted octanol–water partition coefficient (Wildman–Crippen LogP) is 2.20. The van der Waals surface area contributed by atoms with Crippen LogP contribution in [0.4, 0.5) is 0 Å². The Morgan fingerprint density at radius 3 is 1.92 bits per heavy atom. The van der Waals surface area contributed by atoms with Crippen molar-refractivity contribution < 1.29 is 0 Å². The van der Waals surface area contributed by atoms with Crippen LogP contribution >= 0.6 is 0 Å². The topological polar surface area (TPSA) is 3.24 Å². The van der Waals surface area contributed by atoms with Crippen LogP contribution in [0.25, 0.3) is 0 Å². The van der Waals surface area contributed by atoms with E-state index >= 15 is 0 Å². The van der Waals surface area contributed by atoms with Crippen LogP contribution in [0.5, 0.6) is 0 Å². The summed E-state index contributed by atoms with van der Waals surface area (Å²) in [6.07, 6.45) is 9.24. The van der Waals surface area contributed by atoms with Crippen molar-refractivity contribution in [3.05, 3.63) is 61.4 Å². The Hall–Kier alpha value is -1.44. The van der Waals surface area contributed by atoms with E-state index in [-0.39, 0.29) is 0 Å². The van der Waals surface area contributed by atoms with E-state index in [4.69, 9.17) is 0 Å². The van der Waals surface area contributed by atoms with Crippen molar-refractivity contribution in [3.8, 4) is 0 Å². The normalized spacial score (nSPS) is 15.5. The van der Waals surface area contributed by atoms with Gasteiger partial charge in [-0.2, -0.15) is 0 Å². The first-order valence-corrected chi connectivity index (χ1v) is 3.73. The molecule has 0 aliphatic carbocycles. The molecule has 1 nitrogen and oxygen atoms in total. The number of nitrogens with zero attached hydrogens (tertiary/aromatic N) is 1. The average molecular weight is 156 g/mol. The lowest BCUT2D eigenvalue weighted by atomic mass is 9.62. The maximum Gasteiger partial charge on any atom is 0.195 e. The molecule has 0 aromatic rings. The Morgan fingerprint density at radius 2 is 1.58 bits per heavy atom. The van der Waals surface area contributed by atoms with E-state index in [1.54, 1.807) is 18.4 Å². The minimum Gasteiger partial charge on any atom is -0.332 e. The summed E-state index contributed by atoms with van der Waals surface area (Å²) < 4.78 is 0. The van der Waals surface area contributed by atoms with E-state index in [2.05, 4.69) is 19.7 Å². The van der Waals surface area contributed by atoms with E-state index in [0.717, 1.165) is 10.9 Å². The summed E-state index contributed by atoms with van der Waals surface area (Å²) in [5.74, 6) is 0. The van der Waals surface area contributed by atoms with Gasteiger partial charge in [0.15, 0.2) is 7.28 Å². The molecule has 12 heavy (non-hydrogen) atoms. The first-order chi connectivity index (χ1) is 5.80. The lowest BCUT2D eigenvalue weighted by Crippen LogP contribution is -2.12. The van der Waals surface area contributed by atoms with Gasteiger partial charge in [0.2, 0.25) is 0 Å². The van der Waals surface area contributed by atoms with Crippen LogP contribution in [0.3, 0.4) is 0 Å². The molecule has 1 heterocycles. The van der Waals surface area contributed by atoms with Gasteiger partial charge >= 0.3 is 0 Å². The second kappa shape index (κ2) is 3.81. The molecule has 1 aliphatic rings. The van der Waals surface area contributed by atoms with Gasteiger partial charge in [0.25, 0.3) is 0 Å². The van der Waals surface area contributed by atoms with Crippen molar-refractivity contribution in [2.45, 2.75) is 0 Å². The number of hydrogen-bond acceptors (Lipinski definition) is 1. The van der Waals surface area contributed by atoms with Gasteiger partial charge in [-0.15, -0.1) is 0 Å². The van der Waals surface area contributed by atoms with Crippen molar-refractivity contribution in [2.24, 2.45) is 0 Å². The molecule has 2 heteroatoms. The van der Waals surface area contributed by atoms with Gasteiger partial charge in [0.1, 0.15) is 0 Å². The van der Waals surface area contributed by atoms with Gasteiger partial charge in [-0.25, -0.2) is 0 Å². The minimum atomic E-state index is 1.06. The second-order valence-corrected chi connectivity index (χ2v) is 2.44. The van der Waals surface area contributed by atoms with Gasteiger partial charge in [0.05, 0.1) is 0 Å². The van der Waals surface area contributed by atoms with Gasteiger partial charge in [0, 0.05) is 18.6 Å². The molecule has 0 bridgehead atoms. The van der Waals surface area contributed by atoms with Crippen LogP contribution in [0.15, 0.2) is 61.4 Å². The summed E-state index contributed by atoms with van der Waals surface area (Å²) in [7, 11) is 2.01. The fourth-order valence-corrected chi connectivity index (χ4v) is 0.977. The standard InChI is InChI=1S/C10H11BN/c1-4-9-7-12(6-3)8-10(5-2)11-9/h4-8H,1-3H2. The largest absolute Gasteiger partial charge is 0.332 e. The monoisotopic (exact) mass is 156 g/mol. The molecular weight excluding hydrogens is 145 g/mol.